The largest absolute Gasteiger partial charge is 0.496 e. The molecule has 1 fully saturated rings. The molecule has 0 saturated heterocycles. The fourth-order valence-corrected chi connectivity index (χ4v) is 3.32. The quantitative estimate of drug-likeness (QED) is 0.620. The summed E-state index contributed by atoms with van der Waals surface area (Å²) in [4.78, 5) is 12.5. The fraction of sp³-hybridized carbons (Fsp3) is 0.588. The maximum atomic E-state index is 12.5. The van der Waals surface area contributed by atoms with Crippen LogP contribution in [0.25, 0.3) is 0 Å². The van der Waals surface area contributed by atoms with Gasteiger partial charge in [0.05, 0.1) is 12.7 Å². The summed E-state index contributed by atoms with van der Waals surface area (Å²) in [7, 11) is 7.51. The van der Waals surface area contributed by atoms with Crippen LogP contribution in [-0.4, -0.2) is 20.7 Å². The van der Waals surface area contributed by atoms with Gasteiger partial charge in [-0.3, -0.25) is 4.79 Å². The van der Waals surface area contributed by atoms with E-state index in [1.54, 1.807) is 13.2 Å². The molecule has 2 aliphatic carbocycles. The highest BCUT2D eigenvalue weighted by atomic mass is 16.5. The molecule has 0 heterocycles. The van der Waals surface area contributed by atoms with E-state index < -0.39 is 0 Å². The van der Waals surface area contributed by atoms with Gasteiger partial charge < -0.3 is 4.74 Å². The van der Waals surface area contributed by atoms with Gasteiger partial charge in [0.2, 0.25) is 0 Å². The Labute approximate surface area is 122 Å². The van der Waals surface area contributed by atoms with Gasteiger partial charge in [0.25, 0.3) is 0 Å². The fourth-order valence-electron chi connectivity index (χ4n) is 3.32. The van der Waals surface area contributed by atoms with Crippen molar-refractivity contribution in [3.05, 3.63) is 23.3 Å². The average molecular weight is 268 g/mol. The minimum Gasteiger partial charge on any atom is -0.496 e. The molecule has 104 valence electrons. The molecule has 0 aliphatic heterocycles. The number of hydrogen-bond donors (Lipinski definition) is 0. The van der Waals surface area contributed by atoms with Gasteiger partial charge in [0.15, 0.2) is 5.78 Å². The highest BCUT2D eigenvalue weighted by Crippen LogP contribution is 2.37. The molecule has 2 aliphatic rings. The Kier molecular flexibility index (Phi) is 3.86. The summed E-state index contributed by atoms with van der Waals surface area (Å²) < 4.78 is 5.36. The molecule has 1 saturated carbocycles. The number of carbonyl (C=O) groups excluding carboxylic acids is 1. The summed E-state index contributed by atoms with van der Waals surface area (Å²) in [5.41, 5.74) is 2.53. The summed E-state index contributed by atoms with van der Waals surface area (Å²) in [6.07, 6.45) is 7.99. The van der Waals surface area contributed by atoms with Crippen molar-refractivity contribution in [3.63, 3.8) is 0 Å². The molecule has 2 radical (unpaired) electrons. The van der Waals surface area contributed by atoms with Crippen molar-refractivity contribution in [3.8, 4) is 5.75 Å². The third-order valence-electron chi connectivity index (χ3n) is 4.68. The molecule has 0 amide bonds. The van der Waals surface area contributed by atoms with E-state index in [0.29, 0.717) is 23.6 Å². The third-order valence-corrected chi connectivity index (χ3v) is 4.68. The number of benzene rings is 1. The molecule has 1 atom stereocenters. The maximum Gasteiger partial charge on any atom is 0.167 e. The Hall–Kier alpha value is -1.25. The van der Waals surface area contributed by atoms with Crippen LogP contribution in [0.2, 0.25) is 0 Å². The van der Waals surface area contributed by atoms with E-state index in [1.165, 1.54) is 25.7 Å². The van der Waals surface area contributed by atoms with E-state index in [0.717, 1.165) is 29.9 Å². The average Bonchev–Trinajstić information content (AvgIpc) is 3.24. The van der Waals surface area contributed by atoms with Crippen LogP contribution in [0.1, 0.15) is 54.4 Å². The van der Waals surface area contributed by atoms with Gasteiger partial charge in [0.1, 0.15) is 13.6 Å². The third kappa shape index (κ3) is 2.92. The summed E-state index contributed by atoms with van der Waals surface area (Å²) >= 11 is 0. The van der Waals surface area contributed by atoms with E-state index in [2.05, 4.69) is 0 Å². The summed E-state index contributed by atoms with van der Waals surface area (Å²) in [6.45, 7) is 0. The summed E-state index contributed by atoms with van der Waals surface area (Å²) in [6, 6.07) is 3.71. The molecule has 1 aromatic carbocycles. The van der Waals surface area contributed by atoms with Crippen molar-refractivity contribution < 1.29 is 9.53 Å². The molecule has 1 aromatic rings. The number of carbonyl (C=O) groups is 1. The molecular formula is C17H21BO2. The summed E-state index contributed by atoms with van der Waals surface area (Å²) in [5.74, 6) is 2.35. The van der Waals surface area contributed by atoms with Crippen LogP contribution in [0.5, 0.6) is 5.75 Å². The minimum absolute atomic E-state index is 0.232. The standard InChI is InChI=1S/C17H21BO2/c1-20-16-10-14(18)9-13-7-6-12(5-4-11-2-3-11)8-15(19)17(13)16/h9-12H,2-8H2,1H3. The second-order valence-electron chi connectivity index (χ2n) is 6.31. The van der Waals surface area contributed by atoms with Gasteiger partial charge in [-0.05, 0) is 42.7 Å². The number of ether oxygens (including phenoxy) is 1. The Morgan fingerprint density at radius 1 is 1.20 bits per heavy atom. The summed E-state index contributed by atoms with van der Waals surface area (Å²) in [5, 5.41) is 0. The van der Waals surface area contributed by atoms with Crippen LogP contribution >= 0.6 is 0 Å². The number of methoxy groups -OCH3 is 1. The zero-order valence-electron chi connectivity index (χ0n) is 12.2. The molecule has 1 unspecified atom stereocenters. The van der Waals surface area contributed by atoms with Gasteiger partial charge in [0, 0.05) is 6.42 Å². The Balaban J connectivity index is 1.79. The molecule has 2 nitrogen and oxygen atoms in total. The van der Waals surface area contributed by atoms with Gasteiger partial charge in [-0.15, -0.1) is 0 Å². The number of aryl methyl sites for hydroxylation is 1. The van der Waals surface area contributed by atoms with E-state index in [9.17, 15) is 4.79 Å². The first-order chi connectivity index (χ1) is 9.67. The lowest BCUT2D eigenvalue weighted by Crippen LogP contribution is -2.12. The van der Waals surface area contributed by atoms with Gasteiger partial charge in [-0.2, -0.15) is 0 Å². The maximum absolute atomic E-state index is 12.5. The van der Waals surface area contributed by atoms with Crippen molar-refractivity contribution in [2.24, 2.45) is 11.8 Å². The first kappa shape index (κ1) is 13.7. The number of fused-ring (bicyclic) bond motifs is 1. The molecule has 3 rings (SSSR count). The second-order valence-corrected chi connectivity index (χ2v) is 6.31. The van der Waals surface area contributed by atoms with Crippen LogP contribution < -0.4 is 10.2 Å². The van der Waals surface area contributed by atoms with Crippen molar-refractivity contribution >= 4 is 19.1 Å². The number of rotatable bonds is 4. The van der Waals surface area contributed by atoms with E-state index in [1.807, 2.05) is 6.07 Å². The lowest BCUT2D eigenvalue weighted by Gasteiger charge is -2.12. The predicted molar refractivity (Wildman–Crippen MR) is 81.1 cm³/mol. The second kappa shape index (κ2) is 5.63. The number of Topliss-reactive ketones (excluding diaryl/α,β-unsaturated/α-hetero) is 1. The topological polar surface area (TPSA) is 26.3 Å². The SMILES string of the molecule is [B]c1cc2c(c(OC)c1)C(=O)CC(CCC1CC1)CC2. The highest BCUT2D eigenvalue weighted by molar-refractivity contribution is 6.32. The number of hydrogen-bond acceptors (Lipinski definition) is 2. The Morgan fingerprint density at radius 3 is 2.65 bits per heavy atom. The van der Waals surface area contributed by atoms with Gasteiger partial charge in [-0.1, -0.05) is 30.8 Å². The zero-order valence-corrected chi connectivity index (χ0v) is 12.2. The first-order valence-corrected chi connectivity index (χ1v) is 7.67. The monoisotopic (exact) mass is 268 g/mol. The Morgan fingerprint density at radius 2 is 1.95 bits per heavy atom. The molecular weight excluding hydrogens is 247 g/mol. The van der Waals surface area contributed by atoms with E-state index in [-0.39, 0.29) is 5.78 Å². The van der Waals surface area contributed by atoms with Crippen molar-refractivity contribution in [1.82, 2.24) is 0 Å². The lowest BCUT2D eigenvalue weighted by atomic mass is 9.89. The highest BCUT2D eigenvalue weighted by Gasteiger charge is 2.28. The van der Waals surface area contributed by atoms with Crippen LogP contribution in [0.4, 0.5) is 0 Å². The molecule has 3 heteroatoms. The normalized spacial score (nSPS) is 22.2. The first-order valence-electron chi connectivity index (χ1n) is 7.67. The van der Waals surface area contributed by atoms with Crippen molar-refractivity contribution in [1.29, 1.82) is 0 Å². The van der Waals surface area contributed by atoms with E-state index >= 15 is 0 Å². The predicted octanol–water partition coefficient (Wildman–Crippen LogP) is 2.81. The molecule has 0 N–H and O–H groups in total. The van der Waals surface area contributed by atoms with Crippen molar-refractivity contribution in [2.45, 2.75) is 44.9 Å². The van der Waals surface area contributed by atoms with E-state index in [4.69, 9.17) is 12.6 Å². The molecule has 0 aromatic heterocycles. The molecule has 20 heavy (non-hydrogen) atoms. The zero-order chi connectivity index (χ0) is 14.1. The van der Waals surface area contributed by atoms with Crippen LogP contribution in [0.15, 0.2) is 12.1 Å². The van der Waals surface area contributed by atoms with Gasteiger partial charge >= 0.3 is 0 Å². The van der Waals surface area contributed by atoms with Gasteiger partial charge in [-0.25, -0.2) is 0 Å². The lowest BCUT2D eigenvalue weighted by molar-refractivity contribution is 0.0957. The van der Waals surface area contributed by atoms with Crippen LogP contribution in [-0.2, 0) is 6.42 Å². The molecule has 0 spiro atoms. The Bertz CT molecular complexity index is 520. The van der Waals surface area contributed by atoms with Crippen molar-refractivity contribution in [2.75, 3.05) is 7.11 Å². The smallest absolute Gasteiger partial charge is 0.167 e. The number of ketones is 1. The van der Waals surface area contributed by atoms with Crippen LogP contribution in [0, 0.1) is 11.8 Å². The van der Waals surface area contributed by atoms with Crippen LogP contribution in [0.3, 0.4) is 0 Å². The molecule has 0 bridgehead atoms. The minimum atomic E-state index is 0.232.